The predicted octanol–water partition coefficient (Wildman–Crippen LogP) is 3.55. The maximum Gasteiger partial charge on any atom is 0.204 e. The van der Waals surface area contributed by atoms with Crippen LogP contribution in [0, 0.1) is 6.92 Å². The van der Waals surface area contributed by atoms with Gasteiger partial charge < -0.3 is 15.3 Å². The molecule has 0 radical (unpaired) electrons. The van der Waals surface area contributed by atoms with Crippen LogP contribution < -0.4 is 5.32 Å². The molecular weight excluding hydrogens is 274 g/mol. The molecule has 4 nitrogen and oxygen atoms in total. The first kappa shape index (κ1) is 14.4. The molecule has 0 aliphatic carbocycles. The van der Waals surface area contributed by atoms with Gasteiger partial charge in [-0.15, -0.1) is 0 Å². The van der Waals surface area contributed by atoms with Gasteiger partial charge in [-0.05, 0) is 49.6 Å². The van der Waals surface area contributed by atoms with E-state index in [9.17, 15) is 4.79 Å². The molecule has 0 spiro atoms. The second-order valence-electron chi connectivity index (χ2n) is 5.67. The number of carbonyl (C=O) groups is 1. The van der Waals surface area contributed by atoms with E-state index in [1.807, 2.05) is 24.4 Å². The van der Waals surface area contributed by atoms with Crippen LogP contribution in [0.4, 0.5) is 0 Å². The first-order valence-electron chi connectivity index (χ1n) is 7.74. The molecule has 114 valence electrons. The number of aromatic amines is 2. The van der Waals surface area contributed by atoms with Crippen molar-refractivity contribution in [3.63, 3.8) is 0 Å². The molecule has 3 rings (SSSR count). The number of hydrogen-bond acceptors (Lipinski definition) is 2. The van der Waals surface area contributed by atoms with Gasteiger partial charge in [0.15, 0.2) is 0 Å². The molecule has 1 aliphatic rings. The van der Waals surface area contributed by atoms with Crippen LogP contribution in [0.5, 0.6) is 0 Å². The summed E-state index contributed by atoms with van der Waals surface area (Å²) in [6, 6.07) is 5.99. The Labute approximate surface area is 130 Å². The summed E-state index contributed by atoms with van der Waals surface area (Å²) >= 11 is 0. The average Bonchev–Trinajstić information content (AvgIpc) is 3.19. The molecule has 0 fully saturated rings. The topological polar surface area (TPSA) is 60.7 Å². The van der Waals surface area contributed by atoms with Crippen molar-refractivity contribution in [3.8, 4) is 0 Å². The SMILES string of the molecule is CCCCc1cc(/C=C2\NC(c3ccc[nH]3)=CC2=O)[nH]c1C. The lowest BCUT2D eigenvalue weighted by molar-refractivity contribution is -0.111. The van der Waals surface area contributed by atoms with E-state index >= 15 is 0 Å². The van der Waals surface area contributed by atoms with Gasteiger partial charge in [0.2, 0.25) is 5.78 Å². The first-order chi connectivity index (χ1) is 10.7. The van der Waals surface area contributed by atoms with Crippen LogP contribution in [-0.4, -0.2) is 15.8 Å². The van der Waals surface area contributed by atoms with Crippen molar-refractivity contribution in [3.05, 3.63) is 58.8 Å². The molecule has 1 aliphatic heterocycles. The van der Waals surface area contributed by atoms with E-state index in [0.29, 0.717) is 5.70 Å². The Kier molecular flexibility index (Phi) is 4.00. The summed E-state index contributed by atoms with van der Waals surface area (Å²) in [6.07, 6.45) is 8.81. The van der Waals surface area contributed by atoms with Gasteiger partial charge in [-0.25, -0.2) is 0 Å². The van der Waals surface area contributed by atoms with Gasteiger partial charge in [0, 0.05) is 23.7 Å². The highest BCUT2D eigenvalue weighted by atomic mass is 16.1. The molecule has 22 heavy (non-hydrogen) atoms. The summed E-state index contributed by atoms with van der Waals surface area (Å²) in [5, 5.41) is 3.18. The number of ketones is 1. The molecule has 3 N–H and O–H groups in total. The van der Waals surface area contributed by atoms with Gasteiger partial charge >= 0.3 is 0 Å². The largest absolute Gasteiger partial charge is 0.360 e. The number of allylic oxidation sites excluding steroid dienone is 1. The standard InChI is InChI=1S/C18H21N3O/c1-3-4-6-13-9-14(20-12(13)2)10-17-18(22)11-16(21-17)15-7-5-8-19-15/h5,7-11,19-21H,3-4,6H2,1-2H3/b17-10-. The number of aryl methyl sites for hydroxylation is 2. The van der Waals surface area contributed by atoms with Crippen molar-refractivity contribution in [1.82, 2.24) is 15.3 Å². The molecule has 0 atom stereocenters. The van der Waals surface area contributed by atoms with E-state index in [1.54, 1.807) is 6.08 Å². The van der Waals surface area contributed by atoms with Crippen molar-refractivity contribution in [2.24, 2.45) is 0 Å². The van der Waals surface area contributed by atoms with Gasteiger partial charge in [-0.1, -0.05) is 13.3 Å². The number of rotatable bonds is 5. The Hall–Kier alpha value is -2.49. The van der Waals surface area contributed by atoms with Crippen LogP contribution in [-0.2, 0) is 11.2 Å². The molecule has 0 saturated heterocycles. The van der Waals surface area contributed by atoms with Gasteiger partial charge in [-0.2, -0.15) is 0 Å². The molecule has 0 saturated carbocycles. The monoisotopic (exact) mass is 295 g/mol. The van der Waals surface area contributed by atoms with Crippen LogP contribution in [0.3, 0.4) is 0 Å². The number of H-pyrrole nitrogens is 2. The number of aromatic nitrogens is 2. The zero-order chi connectivity index (χ0) is 15.5. The van der Waals surface area contributed by atoms with Crippen LogP contribution in [0.1, 0.15) is 42.4 Å². The maximum atomic E-state index is 12.1. The van der Waals surface area contributed by atoms with Gasteiger partial charge in [0.25, 0.3) is 0 Å². The number of carbonyl (C=O) groups excluding carboxylic acids is 1. The van der Waals surface area contributed by atoms with Crippen molar-refractivity contribution < 1.29 is 4.79 Å². The Morgan fingerprint density at radius 2 is 2.18 bits per heavy atom. The summed E-state index contributed by atoms with van der Waals surface area (Å²) in [4.78, 5) is 18.6. The molecule has 0 amide bonds. The van der Waals surface area contributed by atoms with Gasteiger partial charge in [-0.3, -0.25) is 4.79 Å². The summed E-state index contributed by atoms with van der Waals surface area (Å²) in [6.45, 7) is 4.28. The molecule has 2 aromatic rings. The van der Waals surface area contributed by atoms with Crippen molar-refractivity contribution in [1.29, 1.82) is 0 Å². The number of unbranched alkanes of at least 4 members (excludes halogenated alkanes) is 1. The van der Waals surface area contributed by atoms with E-state index in [2.05, 4.69) is 35.2 Å². The van der Waals surface area contributed by atoms with E-state index in [0.717, 1.165) is 23.5 Å². The lowest BCUT2D eigenvalue weighted by atomic mass is 10.1. The fourth-order valence-corrected chi connectivity index (χ4v) is 2.69. The Bertz CT molecular complexity index is 732. The lowest BCUT2D eigenvalue weighted by Crippen LogP contribution is -2.09. The highest BCUT2D eigenvalue weighted by Gasteiger charge is 2.19. The van der Waals surface area contributed by atoms with Crippen LogP contribution >= 0.6 is 0 Å². The maximum absolute atomic E-state index is 12.1. The quantitative estimate of drug-likeness (QED) is 0.739. The smallest absolute Gasteiger partial charge is 0.204 e. The van der Waals surface area contributed by atoms with Crippen molar-refractivity contribution in [2.75, 3.05) is 0 Å². The lowest BCUT2D eigenvalue weighted by Gasteiger charge is -2.02. The van der Waals surface area contributed by atoms with Crippen LogP contribution in [0.25, 0.3) is 11.8 Å². The van der Waals surface area contributed by atoms with E-state index in [-0.39, 0.29) is 5.78 Å². The molecule has 0 aromatic carbocycles. The summed E-state index contributed by atoms with van der Waals surface area (Å²) in [5.41, 5.74) is 5.83. The Morgan fingerprint density at radius 3 is 2.91 bits per heavy atom. The number of hydrogen-bond donors (Lipinski definition) is 3. The van der Waals surface area contributed by atoms with Crippen LogP contribution in [0.15, 0.2) is 36.2 Å². The zero-order valence-electron chi connectivity index (χ0n) is 13.0. The van der Waals surface area contributed by atoms with Gasteiger partial charge in [0.1, 0.15) is 0 Å². The Morgan fingerprint density at radius 1 is 1.32 bits per heavy atom. The predicted molar refractivity (Wildman–Crippen MR) is 89.0 cm³/mol. The highest BCUT2D eigenvalue weighted by molar-refractivity contribution is 6.14. The third-order valence-corrected chi connectivity index (χ3v) is 3.94. The normalized spacial score (nSPS) is 16.2. The molecule has 3 heterocycles. The second-order valence-corrected chi connectivity index (χ2v) is 5.67. The average molecular weight is 295 g/mol. The number of nitrogens with one attached hydrogen (secondary N) is 3. The third-order valence-electron chi connectivity index (χ3n) is 3.94. The molecule has 2 aromatic heterocycles. The summed E-state index contributed by atoms with van der Waals surface area (Å²) in [5.74, 6) is 0.00645. The van der Waals surface area contributed by atoms with Gasteiger partial charge in [0.05, 0.1) is 17.1 Å². The van der Waals surface area contributed by atoms with Crippen molar-refractivity contribution >= 4 is 17.6 Å². The summed E-state index contributed by atoms with van der Waals surface area (Å²) in [7, 11) is 0. The van der Waals surface area contributed by atoms with E-state index in [4.69, 9.17) is 0 Å². The summed E-state index contributed by atoms with van der Waals surface area (Å²) < 4.78 is 0. The van der Waals surface area contributed by atoms with Crippen molar-refractivity contribution in [2.45, 2.75) is 33.1 Å². The minimum atomic E-state index is 0.00645. The Balaban J connectivity index is 1.78. The highest BCUT2D eigenvalue weighted by Crippen LogP contribution is 2.21. The molecule has 4 heteroatoms. The van der Waals surface area contributed by atoms with E-state index in [1.165, 1.54) is 24.1 Å². The molecule has 0 unspecified atom stereocenters. The molecular formula is C18H21N3O. The zero-order valence-corrected chi connectivity index (χ0v) is 13.0. The fourth-order valence-electron chi connectivity index (χ4n) is 2.69. The molecule has 0 bridgehead atoms. The third kappa shape index (κ3) is 2.91. The minimum absolute atomic E-state index is 0.00645. The van der Waals surface area contributed by atoms with Crippen LogP contribution in [0.2, 0.25) is 0 Å². The fraction of sp³-hybridized carbons (Fsp3) is 0.278. The first-order valence-corrected chi connectivity index (χ1v) is 7.74. The second kappa shape index (κ2) is 6.10. The van der Waals surface area contributed by atoms with E-state index < -0.39 is 0 Å². The minimum Gasteiger partial charge on any atom is -0.360 e.